The number of piperazine rings is 1. The maximum atomic E-state index is 12.8. The minimum atomic E-state index is -3.90. The smallest absolute Gasteiger partial charge is 0.265 e. The van der Waals surface area contributed by atoms with Gasteiger partial charge in [0.2, 0.25) is 10.8 Å². The number of fused-ring (bicyclic) bond motifs is 1. The number of sulfone groups is 1. The van der Waals surface area contributed by atoms with Gasteiger partial charge in [-0.1, -0.05) is 24.3 Å². The highest BCUT2D eigenvalue weighted by atomic mass is 32.2. The Balaban J connectivity index is 1.95. The van der Waals surface area contributed by atoms with Crippen molar-refractivity contribution in [1.82, 2.24) is 15.2 Å². The molecule has 2 aromatic rings. The molecule has 9 heteroatoms. The minimum absolute atomic E-state index is 0.0438. The maximum Gasteiger partial charge on any atom is 0.265 e. The first-order chi connectivity index (χ1) is 11.8. The number of nitrogens with zero attached hydrogens (tertiary/aromatic N) is 2. The molecule has 1 aliphatic heterocycles. The van der Waals surface area contributed by atoms with E-state index in [2.05, 4.69) is 22.9 Å². The lowest BCUT2D eigenvalue weighted by Gasteiger charge is -2.39. The van der Waals surface area contributed by atoms with Gasteiger partial charge in [0.05, 0.1) is 17.8 Å². The van der Waals surface area contributed by atoms with E-state index in [4.69, 9.17) is 0 Å². The van der Waals surface area contributed by atoms with E-state index >= 15 is 0 Å². The zero-order valence-corrected chi connectivity index (χ0v) is 15.2. The van der Waals surface area contributed by atoms with Gasteiger partial charge in [-0.2, -0.15) is 12.6 Å². The predicted octanol–water partition coefficient (Wildman–Crippen LogP) is 0.364. The molecule has 0 spiro atoms. The van der Waals surface area contributed by atoms with Gasteiger partial charge in [0.25, 0.3) is 5.91 Å². The molecular formula is C16H17N3O4S2. The second-order valence-corrected chi connectivity index (χ2v) is 8.52. The van der Waals surface area contributed by atoms with Crippen LogP contribution in [0.5, 0.6) is 0 Å². The predicted molar refractivity (Wildman–Crippen MR) is 96.7 cm³/mol. The van der Waals surface area contributed by atoms with E-state index in [0.29, 0.717) is 5.69 Å². The Kier molecular flexibility index (Phi) is 4.46. The van der Waals surface area contributed by atoms with Crippen molar-refractivity contribution in [1.29, 1.82) is 0 Å². The van der Waals surface area contributed by atoms with Crippen LogP contribution in [0.1, 0.15) is 5.69 Å². The summed E-state index contributed by atoms with van der Waals surface area (Å²) in [6, 6.07) is 11.1. The highest BCUT2D eigenvalue weighted by molar-refractivity contribution is 7.94. The lowest BCUT2D eigenvalue weighted by Crippen LogP contribution is -2.70. The van der Waals surface area contributed by atoms with Crippen molar-refractivity contribution in [2.24, 2.45) is 0 Å². The molecule has 1 N–H and O–H groups in total. The minimum Gasteiger partial charge on any atom is -0.327 e. The van der Waals surface area contributed by atoms with Crippen LogP contribution >= 0.6 is 12.6 Å². The van der Waals surface area contributed by atoms with Gasteiger partial charge in [-0.25, -0.2) is 8.42 Å². The Morgan fingerprint density at radius 2 is 1.96 bits per heavy atom. The number of carbonyl (C=O) groups is 2. The Morgan fingerprint density at radius 1 is 1.24 bits per heavy atom. The summed E-state index contributed by atoms with van der Waals surface area (Å²) in [5.74, 6) is -1.57. The fraction of sp³-hybridized carbons (Fsp3) is 0.312. The number of rotatable bonds is 4. The SMILES string of the molecule is CS(=O)(=O)[C@]1(CS)NC(=O)CN(Cc2ccc3ccccc3n2)C1=O. The standard InChI is InChI=1S/C16H17N3O4S2/c1-25(22,23)16(10-24)15(21)19(9-14(20)18-16)8-12-7-6-11-4-2-3-5-13(11)17-12/h2-7,24H,8-10H2,1H3,(H,18,20)/t16-/m0/s1. The van der Waals surface area contributed by atoms with Crippen LogP contribution in [-0.4, -0.2) is 53.5 Å². The van der Waals surface area contributed by atoms with Crippen molar-refractivity contribution in [2.75, 3.05) is 18.6 Å². The normalized spacial score (nSPS) is 21.4. The number of aromatic nitrogens is 1. The van der Waals surface area contributed by atoms with E-state index in [0.717, 1.165) is 17.2 Å². The van der Waals surface area contributed by atoms with Crippen molar-refractivity contribution in [3.8, 4) is 0 Å². The maximum absolute atomic E-state index is 12.8. The molecule has 0 radical (unpaired) electrons. The zero-order chi connectivity index (χ0) is 18.2. The molecule has 2 amide bonds. The number of carbonyl (C=O) groups excluding carboxylic acids is 2. The van der Waals surface area contributed by atoms with Gasteiger partial charge >= 0.3 is 0 Å². The molecule has 3 rings (SSSR count). The van der Waals surface area contributed by atoms with Gasteiger partial charge in [-0.3, -0.25) is 14.6 Å². The Bertz CT molecular complexity index is 961. The molecule has 132 valence electrons. The molecule has 0 bridgehead atoms. The lowest BCUT2D eigenvalue weighted by atomic mass is 10.1. The molecule has 0 unspecified atom stereocenters. The van der Waals surface area contributed by atoms with Crippen LogP contribution in [0.15, 0.2) is 36.4 Å². The first kappa shape index (κ1) is 17.7. The number of thiol groups is 1. The molecule has 7 nitrogen and oxygen atoms in total. The van der Waals surface area contributed by atoms with E-state index < -0.39 is 26.5 Å². The number of hydrogen-bond donors (Lipinski definition) is 2. The van der Waals surface area contributed by atoms with Gasteiger partial charge in [-0.15, -0.1) is 0 Å². The average molecular weight is 379 g/mol. The van der Waals surface area contributed by atoms with Crippen LogP contribution in [-0.2, 0) is 26.0 Å². The molecule has 1 fully saturated rings. The van der Waals surface area contributed by atoms with E-state index in [1.54, 1.807) is 6.07 Å². The number of benzene rings is 1. The zero-order valence-electron chi connectivity index (χ0n) is 13.5. The summed E-state index contributed by atoms with van der Waals surface area (Å²) in [7, 11) is -3.90. The average Bonchev–Trinajstić information content (AvgIpc) is 2.56. The molecule has 1 aromatic heterocycles. The lowest BCUT2D eigenvalue weighted by molar-refractivity contribution is -0.145. The van der Waals surface area contributed by atoms with E-state index in [1.165, 1.54) is 4.90 Å². The molecule has 0 aliphatic carbocycles. The Labute approximate surface area is 150 Å². The van der Waals surface area contributed by atoms with Crippen LogP contribution in [0.4, 0.5) is 0 Å². The van der Waals surface area contributed by atoms with E-state index in [9.17, 15) is 18.0 Å². The highest BCUT2D eigenvalue weighted by Crippen LogP contribution is 2.24. The quantitative estimate of drug-likeness (QED) is 0.748. The molecule has 1 aromatic carbocycles. The van der Waals surface area contributed by atoms with Crippen molar-refractivity contribution in [3.63, 3.8) is 0 Å². The summed E-state index contributed by atoms with van der Waals surface area (Å²) >= 11 is 4.00. The van der Waals surface area contributed by atoms with Crippen LogP contribution in [0.25, 0.3) is 10.9 Å². The van der Waals surface area contributed by atoms with Crippen LogP contribution in [0.2, 0.25) is 0 Å². The summed E-state index contributed by atoms with van der Waals surface area (Å²) in [5, 5.41) is 3.25. The summed E-state index contributed by atoms with van der Waals surface area (Å²) in [5.41, 5.74) is 1.33. The van der Waals surface area contributed by atoms with Crippen molar-refractivity contribution in [3.05, 3.63) is 42.1 Å². The van der Waals surface area contributed by atoms with Gasteiger partial charge < -0.3 is 10.2 Å². The third-order valence-electron chi connectivity index (χ3n) is 4.17. The van der Waals surface area contributed by atoms with E-state index in [-0.39, 0.29) is 18.8 Å². The number of hydrogen-bond acceptors (Lipinski definition) is 6. The van der Waals surface area contributed by atoms with Crippen LogP contribution < -0.4 is 5.32 Å². The first-order valence-corrected chi connectivity index (χ1v) is 10.0. The molecule has 0 saturated carbocycles. The molecule has 1 atom stereocenters. The summed E-state index contributed by atoms with van der Waals surface area (Å²) in [4.78, 5) is 28.4. The molecule has 25 heavy (non-hydrogen) atoms. The second kappa shape index (κ2) is 6.30. The van der Waals surface area contributed by atoms with Crippen molar-refractivity contribution < 1.29 is 18.0 Å². The van der Waals surface area contributed by atoms with E-state index in [1.807, 2.05) is 30.3 Å². The van der Waals surface area contributed by atoms with Gasteiger partial charge in [0.1, 0.15) is 6.54 Å². The number of para-hydroxylation sites is 1. The van der Waals surface area contributed by atoms with Gasteiger partial charge in [-0.05, 0) is 12.1 Å². The monoisotopic (exact) mass is 379 g/mol. The summed E-state index contributed by atoms with van der Waals surface area (Å²) in [6.45, 7) is -0.180. The molecule has 2 heterocycles. The fourth-order valence-electron chi connectivity index (χ4n) is 2.81. The number of amides is 2. The van der Waals surface area contributed by atoms with Crippen molar-refractivity contribution in [2.45, 2.75) is 11.4 Å². The topological polar surface area (TPSA) is 96.4 Å². The van der Waals surface area contributed by atoms with Crippen LogP contribution in [0, 0.1) is 0 Å². The van der Waals surface area contributed by atoms with Crippen molar-refractivity contribution >= 4 is 45.2 Å². The Morgan fingerprint density at radius 3 is 2.64 bits per heavy atom. The molecule has 1 aliphatic rings. The number of pyridine rings is 1. The third-order valence-corrected chi connectivity index (χ3v) is 6.55. The largest absolute Gasteiger partial charge is 0.327 e. The second-order valence-electron chi connectivity index (χ2n) is 5.96. The highest BCUT2D eigenvalue weighted by Gasteiger charge is 2.53. The molecule has 1 saturated heterocycles. The van der Waals surface area contributed by atoms with Crippen LogP contribution in [0.3, 0.4) is 0 Å². The molecular weight excluding hydrogens is 362 g/mol. The summed E-state index contributed by atoms with van der Waals surface area (Å²) in [6.07, 6.45) is 0.916. The third kappa shape index (κ3) is 3.09. The first-order valence-electron chi connectivity index (χ1n) is 7.52. The van der Waals surface area contributed by atoms with Gasteiger partial charge in [0.15, 0.2) is 9.84 Å². The number of nitrogens with one attached hydrogen (secondary N) is 1. The summed E-state index contributed by atoms with van der Waals surface area (Å²) < 4.78 is 24.3. The fourth-order valence-corrected chi connectivity index (χ4v) is 4.71. The Hall–Kier alpha value is -2.13. The van der Waals surface area contributed by atoms with Gasteiger partial charge in [0, 0.05) is 17.4 Å².